The Bertz CT molecular complexity index is 624. The lowest BCUT2D eigenvalue weighted by Crippen LogP contribution is -2.23. The summed E-state index contributed by atoms with van der Waals surface area (Å²) in [7, 11) is 3.29. The highest BCUT2D eigenvalue weighted by atomic mass is 16.5. The molecule has 0 atom stereocenters. The molecule has 2 rings (SSSR count). The summed E-state index contributed by atoms with van der Waals surface area (Å²) in [6.07, 6.45) is 0.824. The van der Waals surface area contributed by atoms with Crippen LogP contribution >= 0.6 is 0 Å². The van der Waals surface area contributed by atoms with E-state index in [2.05, 4.69) is 10.3 Å². The normalized spacial score (nSPS) is 11.1. The highest BCUT2D eigenvalue weighted by molar-refractivity contribution is 5.92. The average molecular weight is 299 g/mol. The maximum Gasteiger partial charge on any atom is 0.193 e. The van der Waals surface area contributed by atoms with Crippen molar-refractivity contribution in [2.45, 2.75) is 6.42 Å². The summed E-state index contributed by atoms with van der Waals surface area (Å²) in [6.45, 7) is 0.620. The van der Waals surface area contributed by atoms with Gasteiger partial charge < -0.3 is 20.5 Å². The molecule has 2 aromatic rings. The number of guanidine groups is 1. The SMILES string of the molecule is COc1ccc(CCN=C(N)Nc2cccc(OC)c2)cc1. The minimum atomic E-state index is 0.391. The second kappa shape index (κ2) is 7.93. The zero-order chi connectivity index (χ0) is 15.8. The van der Waals surface area contributed by atoms with E-state index >= 15 is 0 Å². The van der Waals surface area contributed by atoms with E-state index in [0.29, 0.717) is 12.5 Å². The third kappa shape index (κ3) is 4.70. The van der Waals surface area contributed by atoms with Crippen molar-refractivity contribution in [2.24, 2.45) is 10.7 Å². The molecule has 0 spiro atoms. The lowest BCUT2D eigenvalue weighted by atomic mass is 10.1. The molecule has 0 bridgehead atoms. The van der Waals surface area contributed by atoms with Crippen LogP contribution in [-0.2, 0) is 6.42 Å². The fourth-order valence-corrected chi connectivity index (χ4v) is 1.99. The second-order valence-corrected chi connectivity index (χ2v) is 4.72. The van der Waals surface area contributed by atoms with E-state index in [1.807, 2.05) is 48.5 Å². The number of methoxy groups -OCH3 is 2. The molecule has 0 aliphatic carbocycles. The van der Waals surface area contributed by atoms with Gasteiger partial charge in [0.2, 0.25) is 0 Å². The van der Waals surface area contributed by atoms with Gasteiger partial charge in [-0.15, -0.1) is 0 Å². The van der Waals surface area contributed by atoms with Crippen LogP contribution in [0.3, 0.4) is 0 Å². The topological polar surface area (TPSA) is 68.9 Å². The minimum absolute atomic E-state index is 0.391. The van der Waals surface area contributed by atoms with Gasteiger partial charge in [-0.2, -0.15) is 0 Å². The molecule has 22 heavy (non-hydrogen) atoms. The number of benzene rings is 2. The fourth-order valence-electron chi connectivity index (χ4n) is 1.99. The third-order valence-electron chi connectivity index (χ3n) is 3.18. The van der Waals surface area contributed by atoms with Gasteiger partial charge in [-0.1, -0.05) is 18.2 Å². The van der Waals surface area contributed by atoms with Crippen molar-refractivity contribution in [3.8, 4) is 11.5 Å². The zero-order valence-corrected chi connectivity index (χ0v) is 12.9. The molecule has 0 aromatic heterocycles. The zero-order valence-electron chi connectivity index (χ0n) is 12.9. The smallest absolute Gasteiger partial charge is 0.193 e. The molecule has 2 aromatic carbocycles. The Labute approximate surface area is 130 Å². The Morgan fingerprint density at radius 2 is 1.77 bits per heavy atom. The standard InChI is InChI=1S/C17H21N3O2/c1-21-15-8-6-13(7-9-15)10-11-19-17(18)20-14-4-3-5-16(12-14)22-2/h3-9,12H,10-11H2,1-2H3,(H3,18,19,20). The number of aliphatic imine (C=N–C) groups is 1. The first kappa shape index (κ1) is 15.7. The highest BCUT2D eigenvalue weighted by Crippen LogP contribution is 2.16. The maximum atomic E-state index is 5.89. The quantitative estimate of drug-likeness (QED) is 0.635. The molecule has 0 radical (unpaired) electrons. The van der Waals surface area contributed by atoms with Crippen molar-refractivity contribution >= 4 is 11.6 Å². The van der Waals surface area contributed by atoms with Gasteiger partial charge in [0, 0.05) is 18.3 Å². The first-order valence-corrected chi connectivity index (χ1v) is 7.05. The number of anilines is 1. The summed E-state index contributed by atoms with van der Waals surface area (Å²) in [5.74, 6) is 2.02. The fraction of sp³-hybridized carbons (Fsp3) is 0.235. The van der Waals surface area contributed by atoms with Crippen LogP contribution in [0.1, 0.15) is 5.56 Å². The van der Waals surface area contributed by atoms with E-state index in [4.69, 9.17) is 15.2 Å². The molecule has 0 unspecified atom stereocenters. The van der Waals surface area contributed by atoms with E-state index in [-0.39, 0.29) is 0 Å². The summed E-state index contributed by atoms with van der Waals surface area (Å²) in [6, 6.07) is 15.5. The highest BCUT2D eigenvalue weighted by Gasteiger charge is 1.98. The summed E-state index contributed by atoms with van der Waals surface area (Å²) >= 11 is 0. The first-order valence-electron chi connectivity index (χ1n) is 7.05. The summed E-state index contributed by atoms with van der Waals surface area (Å²) < 4.78 is 10.3. The third-order valence-corrected chi connectivity index (χ3v) is 3.18. The van der Waals surface area contributed by atoms with Crippen LogP contribution in [0.5, 0.6) is 11.5 Å². The van der Waals surface area contributed by atoms with Gasteiger partial charge in [0.05, 0.1) is 14.2 Å². The lowest BCUT2D eigenvalue weighted by Gasteiger charge is -2.07. The predicted molar refractivity (Wildman–Crippen MR) is 89.8 cm³/mol. The Kier molecular flexibility index (Phi) is 5.65. The number of ether oxygens (including phenoxy) is 2. The predicted octanol–water partition coefficient (Wildman–Crippen LogP) is 2.67. The molecule has 0 aliphatic rings. The van der Waals surface area contributed by atoms with Gasteiger partial charge >= 0.3 is 0 Å². The molecule has 5 heteroatoms. The van der Waals surface area contributed by atoms with Crippen LogP contribution in [0.25, 0.3) is 0 Å². The molecule has 5 nitrogen and oxygen atoms in total. The van der Waals surface area contributed by atoms with Crippen molar-refractivity contribution in [3.05, 3.63) is 54.1 Å². The molecule has 0 saturated carbocycles. The van der Waals surface area contributed by atoms with Crippen LogP contribution in [-0.4, -0.2) is 26.7 Å². The Hall–Kier alpha value is -2.69. The Morgan fingerprint density at radius 1 is 1.05 bits per heavy atom. The summed E-state index contributed by atoms with van der Waals surface area (Å²) in [5.41, 5.74) is 7.93. The molecular weight excluding hydrogens is 278 g/mol. The maximum absolute atomic E-state index is 5.89. The molecule has 0 aliphatic heterocycles. The monoisotopic (exact) mass is 299 g/mol. The van der Waals surface area contributed by atoms with Crippen LogP contribution in [0.15, 0.2) is 53.5 Å². The van der Waals surface area contributed by atoms with Crippen molar-refractivity contribution in [2.75, 3.05) is 26.1 Å². The van der Waals surface area contributed by atoms with Crippen LogP contribution in [0.2, 0.25) is 0 Å². The molecule has 0 fully saturated rings. The molecule has 0 heterocycles. The van der Waals surface area contributed by atoms with Crippen molar-refractivity contribution in [1.82, 2.24) is 0 Å². The van der Waals surface area contributed by atoms with E-state index in [1.165, 1.54) is 5.56 Å². The molecule has 116 valence electrons. The van der Waals surface area contributed by atoms with Crippen molar-refractivity contribution in [3.63, 3.8) is 0 Å². The second-order valence-electron chi connectivity index (χ2n) is 4.72. The number of nitrogens with zero attached hydrogens (tertiary/aromatic N) is 1. The summed E-state index contributed by atoms with van der Waals surface area (Å²) in [5, 5.41) is 3.05. The molecule has 0 saturated heterocycles. The molecule has 3 N–H and O–H groups in total. The number of hydrogen-bond donors (Lipinski definition) is 2. The Balaban J connectivity index is 1.86. The van der Waals surface area contributed by atoms with Crippen LogP contribution in [0.4, 0.5) is 5.69 Å². The summed E-state index contributed by atoms with van der Waals surface area (Å²) in [4.78, 5) is 4.32. The van der Waals surface area contributed by atoms with Gasteiger partial charge in [-0.05, 0) is 36.2 Å². The van der Waals surface area contributed by atoms with E-state index in [1.54, 1.807) is 14.2 Å². The van der Waals surface area contributed by atoms with Gasteiger partial charge in [-0.3, -0.25) is 4.99 Å². The molecular formula is C17H21N3O2. The first-order chi connectivity index (χ1) is 10.7. The number of nitrogens with one attached hydrogen (secondary N) is 1. The minimum Gasteiger partial charge on any atom is -0.497 e. The van der Waals surface area contributed by atoms with E-state index < -0.39 is 0 Å². The van der Waals surface area contributed by atoms with Gasteiger partial charge in [0.25, 0.3) is 0 Å². The number of hydrogen-bond acceptors (Lipinski definition) is 3. The van der Waals surface area contributed by atoms with E-state index in [0.717, 1.165) is 23.6 Å². The van der Waals surface area contributed by atoms with Gasteiger partial charge in [0.1, 0.15) is 11.5 Å². The largest absolute Gasteiger partial charge is 0.497 e. The average Bonchev–Trinajstić information content (AvgIpc) is 2.55. The van der Waals surface area contributed by atoms with E-state index in [9.17, 15) is 0 Å². The van der Waals surface area contributed by atoms with Gasteiger partial charge in [0.15, 0.2) is 5.96 Å². The number of nitrogens with two attached hydrogens (primary N) is 1. The van der Waals surface area contributed by atoms with Crippen molar-refractivity contribution < 1.29 is 9.47 Å². The molecule has 0 amide bonds. The lowest BCUT2D eigenvalue weighted by molar-refractivity contribution is 0.414. The Morgan fingerprint density at radius 3 is 2.45 bits per heavy atom. The van der Waals surface area contributed by atoms with Crippen LogP contribution < -0.4 is 20.5 Å². The van der Waals surface area contributed by atoms with Crippen molar-refractivity contribution in [1.29, 1.82) is 0 Å². The van der Waals surface area contributed by atoms with Crippen LogP contribution in [0, 0.1) is 0 Å². The number of rotatable bonds is 6. The van der Waals surface area contributed by atoms with Gasteiger partial charge in [-0.25, -0.2) is 0 Å².